The molecule has 96 valence electrons. The highest BCUT2D eigenvalue weighted by Gasteiger charge is 2.13. The first-order valence-electron chi connectivity index (χ1n) is 6.40. The van der Waals surface area contributed by atoms with Gasteiger partial charge in [-0.15, -0.1) is 11.8 Å². The molecule has 1 aromatic heterocycles. The number of hydrogen-bond acceptors (Lipinski definition) is 3. The van der Waals surface area contributed by atoms with Crippen molar-refractivity contribution in [3.63, 3.8) is 0 Å². The van der Waals surface area contributed by atoms with E-state index in [9.17, 15) is 0 Å². The van der Waals surface area contributed by atoms with Gasteiger partial charge in [-0.3, -0.25) is 0 Å². The van der Waals surface area contributed by atoms with Crippen LogP contribution in [0.25, 0.3) is 0 Å². The maximum atomic E-state index is 6.03. The van der Waals surface area contributed by atoms with Crippen molar-refractivity contribution < 1.29 is 0 Å². The Kier molecular flexibility index (Phi) is 6.00. The molecule has 0 saturated heterocycles. The van der Waals surface area contributed by atoms with Gasteiger partial charge in [-0.1, -0.05) is 33.8 Å². The van der Waals surface area contributed by atoms with Gasteiger partial charge in [0.05, 0.1) is 5.03 Å². The van der Waals surface area contributed by atoms with E-state index < -0.39 is 0 Å². The lowest BCUT2D eigenvalue weighted by atomic mass is 10.1. The number of aromatic nitrogens is 1. The molecule has 0 saturated carbocycles. The molecule has 1 rings (SSSR count). The van der Waals surface area contributed by atoms with Crippen LogP contribution in [0.5, 0.6) is 0 Å². The van der Waals surface area contributed by atoms with Gasteiger partial charge in [0.2, 0.25) is 0 Å². The Morgan fingerprint density at radius 2 is 2.06 bits per heavy atom. The van der Waals surface area contributed by atoms with Crippen LogP contribution in [0.15, 0.2) is 23.4 Å². The fourth-order valence-electron chi connectivity index (χ4n) is 1.42. The highest BCUT2D eigenvalue weighted by atomic mass is 32.2. The van der Waals surface area contributed by atoms with Crippen molar-refractivity contribution in [2.75, 3.05) is 0 Å². The molecular formula is C14H24N2S. The first-order valence-corrected chi connectivity index (χ1v) is 7.28. The molecule has 0 aliphatic heterocycles. The lowest BCUT2D eigenvalue weighted by molar-refractivity contribution is 0.631. The van der Waals surface area contributed by atoms with Crippen LogP contribution in [0.3, 0.4) is 0 Å². The largest absolute Gasteiger partial charge is 0.327 e. The number of thioether (sulfide) groups is 1. The summed E-state index contributed by atoms with van der Waals surface area (Å²) in [5, 5.41) is 1.74. The Morgan fingerprint density at radius 1 is 1.35 bits per heavy atom. The number of pyridine rings is 1. The molecule has 1 aromatic rings. The summed E-state index contributed by atoms with van der Waals surface area (Å²) >= 11 is 1.86. The predicted octanol–water partition coefficient (Wildman–Crippen LogP) is 3.50. The number of rotatable bonds is 6. The lowest BCUT2D eigenvalue weighted by Crippen LogP contribution is -2.22. The summed E-state index contributed by atoms with van der Waals surface area (Å²) < 4.78 is 0. The highest BCUT2D eigenvalue weighted by molar-refractivity contribution is 7.99. The standard InChI is InChI=1S/C14H24N2S/c1-5-13(15)9-12-7-6-8-16-14(12)17-11(4)10(2)3/h6-8,10-11,13H,5,9,15H2,1-4H3. The van der Waals surface area contributed by atoms with Gasteiger partial charge in [-0.05, 0) is 30.4 Å². The third kappa shape index (κ3) is 4.68. The molecule has 17 heavy (non-hydrogen) atoms. The second kappa shape index (κ2) is 7.02. The van der Waals surface area contributed by atoms with E-state index in [-0.39, 0.29) is 6.04 Å². The summed E-state index contributed by atoms with van der Waals surface area (Å²) in [6, 6.07) is 4.40. The molecule has 1 heterocycles. The molecule has 2 unspecified atom stereocenters. The van der Waals surface area contributed by atoms with E-state index in [1.165, 1.54) is 5.56 Å². The monoisotopic (exact) mass is 252 g/mol. The first-order chi connectivity index (χ1) is 8.04. The number of hydrogen-bond donors (Lipinski definition) is 1. The molecule has 0 radical (unpaired) electrons. The van der Waals surface area contributed by atoms with Gasteiger partial charge in [-0.25, -0.2) is 4.98 Å². The fourth-order valence-corrected chi connectivity index (χ4v) is 2.47. The zero-order valence-electron chi connectivity index (χ0n) is 11.3. The average molecular weight is 252 g/mol. The zero-order valence-corrected chi connectivity index (χ0v) is 12.1. The molecule has 3 heteroatoms. The summed E-state index contributed by atoms with van der Waals surface area (Å²) in [7, 11) is 0. The molecule has 0 bridgehead atoms. The second-order valence-electron chi connectivity index (χ2n) is 4.91. The first kappa shape index (κ1) is 14.5. The molecule has 2 N–H and O–H groups in total. The van der Waals surface area contributed by atoms with Gasteiger partial charge in [0.25, 0.3) is 0 Å². The van der Waals surface area contributed by atoms with Crippen LogP contribution in [0.1, 0.15) is 39.7 Å². The van der Waals surface area contributed by atoms with Crippen molar-refractivity contribution in [3.05, 3.63) is 23.9 Å². The number of nitrogens with zero attached hydrogens (tertiary/aromatic N) is 1. The van der Waals surface area contributed by atoms with Crippen molar-refractivity contribution in [2.45, 2.75) is 56.9 Å². The summed E-state index contributed by atoms with van der Waals surface area (Å²) in [6.45, 7) is 8.88. The van der Waals surface area contributed by atoms with E-state index in [0.717, 1.165) is 17.9 Å². The smallest absolute Gasteiger partial charge is 0.0995 e. The third-order valence-electron chi connectivity index (χ3n) is 3.09. The Labute approximate surface area is 109 Å². The van der Waals surface area contributed by atoms with Crippen LogP contribution in [0, 0.1) is 5.92 Å². The number of nitrogens with two attached hydrogens (primary N) is 1. The minimum Gasteiger partial charge on any atom is -0.327 e. The molecule has 0 aliphatic rings. The maximum Gasteiger partial charge on any atom is 0.0995 e. The van der Waals surface area contributed by atoms with Crippen LogP contribution in [-0.2, 0) is 6.42 Å². The summed E-state index contributed by atoms with van der Waals surface area (Å²) in [4.78, 5) is 4.50. The van der Waals surface area contributed by atoms with Gasteiger partial charge in [0.1, 0.15) is 0 Å². The van der Waals surface area contributed by atoms with Crippen LogP contribution in [0.2, 0.25) is 0 Å². The molecule has 0 aliphatic carbocycles. The Bertz CT molecular complexity index is 339. The molecule has 2 nitrogen and oxygen atoms in total. The minimum atomic E-state index is 0.243. The van der Waals surface area contributed by atoms with E-state index in [4.69, 9.17) is 5.73 Å². The molecular weight excluding hydrogens is 228 g/mol. The maximum absolute atomic E-state index is 6.03. The van der Waals surface area contributed by atoms with Gasteiger partial charge in [-0.2, -0.15) is 0 Å². The van der Waals surface area contributed by atoms with Crippen LogP contribution < -0.4 is 5.73 Å². The van der Waals surface area contributed by atoms with E-state index in [0.29, 0.717) is 11.2 Å². The zero-order chi connectivity index (χ0) is 12.8. The van der Waals surface area contributed by atoms with Crippen LogP contribution >= 0.6 is 11.8 Å². The van der Waals surface area contributed by atoms with E-state index in [1.807, 2.05) is 24.0 Å². The van der Waals surface area contributed by atoms with Gasteiger partial charge >= 0.3 is 0 Å². The Balaban J connectivity index is 2.77. The minimum absolute atomic E-state index is 0.243. The lowest BCUT2D eigenvalue weighted by Gasteiger charge is -2.17. The SMILES string of the molecule is CCC(N)Cc1cccnc1SC(C)C(C)C. The summed E-state index contributed by atoms with van der Waals surface area (Å²) in [5.74, 6) is 0.662. The van der Waals surface area contributed by atoms with Gasteiger partial charge in [0, 0.05) is 17.5 Å². The van der Waals surface area contributed by atoms with Crippen molar-refractivity contribution in [1.82, 2.24) is 4.98 Å². The molecule has 0 aromatic carbocycles. The van der Waals surface area contributed by atoms with Crippen molar-refractivity contribution >= 4 is 11.8 Å². The summed E-state index contributed by atoms with van der Waals surface area (Å²) in [6.07, 6.45) is 3.81. The molecule has 2 atom stereocenters. The normalized spacial score (nSPS) is 14.9. The van der Waals surface area contributed by atoms with E-state index in [2.05, 4.69) is 38.7 Å². The predicted molar refractivity (Wildman–Crippen MR) is 76.4 cm³/mol. The topological polar surface area (TPSA) is 38.9 Å². The van der Waals surface area contributed by atoms with Crippen molar-refractivity contribution in [1.29, 1.82) is 0 Å². The van der Waals surface area contributed by atoms with Crippen molar-refractivity contribution in [3.8, 4) is 0 Å². The van der Waals surface area contributed by atoms with Gasteiger partial charge in [0.15, 0.2) is 0 Å². The fraction of sp³-hybridized carbons (Fsp3) is 0.643. The van der Waals surface area contributed by atoms with Crippen LogP contribution in [-0.4, -0.2) is 16.3 Å². The van der Waals surface area contributed by atoms with Crippen molar-refractivity contribution in [2.24, 2.45) is 11.7 Å². The quantitative estimate of drug-likeness (QED) is 0.788. The van der Waals surface area contributed by atoms with E-state index in [1.54, 1.807) is 0 Å². The highest BCUT2D eigenvalue weighted by Crippen LogP contribution is 2.29. The third-order valence-corrected chi connectivity index (χ3v) is 4.60. The Hall–Kier alpha value is -0.540. The average Bonchev–Trinajstić information content (AvgIpc) is 2.31. The molecule has 0 fully saturated rings. The molecule has 0 spiro atoms. The Morgan fingerprint density at radius 3 is 2.65 bits per heavy atom. The molecule has 0 amide bonds. The second-order valence-corrected chi connectivity index (χ2v) is 6.27. The summed E-state index contributed by atoms with van der Waals surface area (Å²) in [5.41, 5.74) is 7.32. The van der Waals surface area contributed by atoms with Gasteiger partial charge < -0.3 is 5.73 Å². The van der Waals surface area contributed by atoms with E-state index >= 15 is 0 Å². The van der Waals surface area contributed by atoms with Crippen LogP contribution in [0.4, 0.5) is 0 Å².